The summed E-state index contributed by atoms with van der Waals surface area (Å²) in [7, 11) is 0. The normalized spacial score (nSPS) is 10.3. The first-order valence-corrected chi connectivity index (χ1v) is 4.86. The van der Waals surface area contributed by atoms with Crippen LogP contribution in [0.15, 0.2) is 30.5 Å². The first-order chi connectivity index (χ1) is 8.47. The Morgan fingerprint density at radius 1 is 1.11 bits per heavy atom. The molecule has 1 aromatic carbocycles. The minimum absolute atomic E-state index is 0.0589. The van der Waals surface area contributed by atoms with E-state index in [1.807, 2.05) is 0 Å². The number of benzene rings is 1. The average molecular weight is 251 g/mol. The molecular weight excluding hydrogens is 244 g/mol. The summed E-state index contributed by atoms with van der Waals surface area (Å²) in [5.74, 6) is -3.45. The third-order valence-electron chi connectivity index (χ3n) is 2.27. The predicted molar refractivity (Wildman–Crippen MR) is 58.2 cm³/mol. The molecule has 0 unspecified atom stereocenters. The molecule has 4 nitrogen and oxygen atoms in total. The molecule has 1 aromatic heterocycles. The molecule has 6 heteroatoms. The summed E-state index contributed by atoms with van der Waals surface area (Å²) in [6.07, 6.45) is 0.918. The molecule has 0 amide bonds. The molecule has 0 saturated heterocycles. The van der Waals surface area contributed by atoms with Crippen LogP contribution in [0.25, 0.3) is 11.3 Å². The summed E-state index contributed by atoms with van der Waals surface area (Å²) >= 11 is 0. The second-order valence-electron chi connectivity index (χ2n) is 3.55. The van der Waals surface area contributed by atoms with Gasteiger partial charge in [0.05, 0.1) is 11.9 Å². The topological polar surface area (TPSA) is 70.4 Å². The van der Waals surface area contributed by atoms with Gasteiger partial charge in [-0.3, -0.25) is 4.98 Å². The standard InChI is InChI=1S/C12H7F2NO3/c13-7-1-6(2-8(14)3-7)10-4-9(12(17)18)11(16)5-15-10/h1-5,16H,(H,17,18). The number of aromatic hydroxyl groups is 1. The number of hydrogen-bond acceptors (Lipinski definition) is 3. The molecule has 92 valence electrons. The lowest BCUT2D eigenvalue weighted by Gasteiger charge is -2.04. The van der Waals surface area contributed by atoms with Gasteiger partial charge in [-0.15, -0.1) is 0 Å². The number of nitrogens with zero attached hydrogens (tertiary/aromatic N) is 1. The molecule has 0 fully saturated rings. The molecule has 0 aliphatic rings. The van der Waals surface area contributed by atoms with E-state index < -0.39 is 23.4 Å². The lowest BCUT2D eigenvalue weighted by molar-refractivity contribution is 0.0693. The van der Waals surface area contributed by atoms with E-state index in [1.165, 1.54) is 0 Å². The summed E-state index contributed by atoms with van der Waals surface area (Å²) < 4.78 is 26.0. The number of halogens is 2. The van der Waals surface area contributed by atoms with E-state index in [2.05, 4.69) is 4.98 Å². The average Bonchev–Trinajstić information content (AvgIpc) is 2.27. The number of carbonyl (C=O) groups is 1. The lowest BCUT2D eigenvalue weighted by Crippen LogP contribution is -1.98. The van der Waals surface area contributed by atoms with E-state index in [1.54, 1.807) is 0 Å². The smallest absolute Gasteiger partial charge is 0.339 e. The minimum atomic E-state index is -1.35. The fraction of sp³-hybridized carbons (Fsp3) is 0. The zero-order chi connectivity index (χ0) is 13.3. The van der Waals surface area contributed by atoms with Crippen molar-refractivity contribution < 1.29 is 23.8 Å². The molecule has 2 N–H and O–H groups in total. The van der Waals surface area contributed by atoms with Gasteiger partial charge in [-0.05, 0) is 18.2 Å². The van der Waals surface area contributed by atoms with Gasteiger partial charge in [-0.2, -0.15) is 0 Å². The van der Waals surface area contributed by atoms with Crippen LogP contribution in [0.2, 0.25) is 0 Å². The number of aromatic nitrogens is 1. The van der Waals surface area contributed by atoms with Gasteiger partial charge in [-0.25, -0.2) is 13.6 Å². The highest BCUT2D eigenvalue weighted by atomic mass is 19.1. The molecule has 1 heterocycles. The Morgan fingerprint density at radius 2 is 1.72 bits per heavy atom. The van der Waals surface area contributed by atoms with Gasteiger partial charge in [0.25, 0.3) is 0 Å². The van der Waals surface area contributed by atoms with Crippen LogP contribution in [0.3, 0.4) is 0 Å². The van der Waals surface area contributed by atoms with E-state index in [4.69, 9.17) is 5.11 Å². The SMILES string of the molecule is O=C(O)c1cc(-c2cc(F)cc(F)c2)ncc1O. The van der Waals surface area contributed by atoms with E-state index in [-0.39, 0.29) is 16.8 Å². The van der Waals surface area contributed by atoms with Gasteiger partial charge in [0, 0.05) is 11.6 Å². The van der Waals surface area contributed by atoms with Crippen LogP contribution >= 0.6 is 0 Å². The quantitative estimate of drug-likeness (QED) is 0.859. The van der Waals surface area contributed by atoms with Crippen molar-refractivity contribution >= 4 is 5.97 Å². The summed E-state index contributed by atoms with van der Waals surface area (Å²) in [6.45, 7) is 0. The molecule has 0 saturated carbocycles. The molecular formula is C12H7F2NO3. The van der Waals surface area contributed by atoms with Crippen LogP contribution in [0.4, 0.5) is 8.78 Å². The van der Waals surface area contributed by atoms with Crippen molar-refractivity contribution in [3.05, 3.63) is 47.7 Å². The number of carboxylic acid groups (broad SMARTS) is 1. The van der Waals surface area contributed by atoms with Gasteiger partial charge in [-0.1, -0.05) is 0 Å². The van der Waals surface area contributed by atoms with E-state index in [9.17, 15) is 18.7 Å². The summed E-state index contributed by atoms with van der Waals surface area (Å²) in [4.78, 5) is 14.5. The Labute approximate surface area is 100 Å². The van der Waals surface area contributed by atoms with Crippen LogP contribution in [-0.2, 0) is 0 Å². The number of hydrogen-bond donors (Lipinski definition) is 2. The van der Waals surface area contributed by atoms with E-state index in [0.29, 0.717) is 6.07 Å². The molecule has 0 bridgehead atoms. The van der Waals surface area contributed by atoms with Crippen LogP contribution in [0, 0.1) is 11.6 Å². The summed E-state index contributed by atoms with van der Waals surface area (Å²) in [5.41, 5.74) is -0.233. The Morgan fingerprint density at radius 3 is 2.28 bits per heavy atom. The Kier molecular flexibility index (Phi) is 2.93. The first kappa shape index (κ1) is 12.0. The molecule has 0 radical (unpaired) electrons. The van der Waals surface area contributed by atoms with Gasteiger partial charge in [0.2, 0.25) is 0 Å². The van der Waals surface area contributed by atoms with Gasteiger partial charge in [0.1, 0.15) is 22.9 Å². The third-order valence-corrected chi connectivity index (χ3v) is 2.27. The highest BCUT2D eigenvalue weighted by Crippen LogP contribution is 2.24. The summed E-state index contributed by atoms with van der Waals surface area (Å²) in [5, 5.41) is 18.1. The predicted octanol–water partition coefficient (Wildman–Crippen LogP) is 2.43. The molecule has 2 aromatic rings. The first-order valence-electron chi connectivity index (χ1n) is 4.86. The largest absolute Gasteiger partial charge is 0.505 e. The van der Waals surface area contributed by atoms with Crippen molar-refractivity contribution in [3.8, 4) is 17.0 Å². The van der Waals surface area contributed by atoms with E-state index in [0.717, 1.165) is 24.4 Å². The van der Waals surface area contributed by atoms with Crippen molar-refractivity contribution in [2.24, 2.45) is 0 Å². The van der Waals surface area contributed by atoms with E-state index >= 15 is 0 Å². The third kappa shape index (κ3) is 2.27. The molecule has 0 aliphatic heterocycles. The number of pyridine rings is 1. The van der Waals surface area contributed by atoms with Crippen molar-refractivity contribution in [1.82, 2.24) is 4.98 Å². The Bertz CT molecular complexity index is 608. The van der Waals surface area contributed by atoms with Crippen molar-refractivity contribution in [1.29, 1.82) is 0 Å². The zero-order valence-electron chi connectivity index (χ0n) is 8.89. The lowest BCUT2D eigenvalue weighted by atomic mass is 10.1. The second-order valence-corrected chi connectivity index (χ2v) is 3.55. The Balaban J connectivity index is 2.57. The van der Waals surface area contributed by atoms with Crippen LogP contribution in [0.5, 0.6) is 5.75 Å². The molecule has 0 aliphatic carbocycles. The minimum Gasteiger partial charge on any atom is -0.505 e. The number of carboxylic acids is 1. The van der Waals surface area contributed by atoms with Crippen molar-refractivity contribution in [3.63, 3.8) is 0 Å². The fourth-order valence-corrected chi connectivity index (χ4v) is 1.48. The monoisotopic (exact) mass is 251 g/mol. The zero-order valence-corrected chi connectivity index (χ0v) is 8.89. The highest BCUT2D eigenvalue weighted by Gasteiger charge is 2.13. The van der Waals surface area contributed by atoms with Gasteiger partial charge in [0.15, 0.2) is 0 Å². The van der Waals surface area contributed by atoms with Crippen molar-refractivity contribution in [2.75, 3.05) is 0 Å². The molecule has 0 atom stereocenters. The maximum Gasteiger partial charge on any atom is 0.339 e. The van der Waals surface area contributed by atoms with Crippen LogP contribution < -0.4 is 0 Å². The molecule has 0 spiro atoms. The summed E-state index contributed by atoms with van der Waals surface area (Å²) in [6, 6.07) is 3.79. The van der Waals surface area contributed by atoms with Crippen LogP contribution in [-0.4, -0.2) is 21.2 Å². The Hall–Kier alpha value is -2.50. The van der Waals surface area contributed by atoms with Crippen molar-refractivity contribution in [2.45, 2.75) is 0 Å². The number of aromatic carboxylic acids is 1. The molecule has 2 rings (SSSR count). The fourth-order valence-electron chi connectivity index (χ4n) is 1.48. The van der Waals surface area contributed by atoms with Gasteiger partial charge >= 0.3 is 5.97 Å². The maximum absolute atomic E-state index is 13.0. The molecule has 18 heavy (non-hydrogen) atoms. The highest BCUT2D eigenvalue weighted by molar-refractivity contribution is 5.91. The second kappa shape index (κ2) is 4.40. The number of rotatable bonds is 2. The maximum atomic E-state index is 13.0. The van der Waals surface area contributed by atoms with Crippen LogP contribution in [0.1, 0.15) is 10.4 Å². The van der Waals surface area contributed by atoms with Gasteiger partial charge < -0.3 is 10.2 Å².